The third kappa shape index (κ3) is 5.69. The van der Waals surface area contributed by atoms with E-state index in [9.17, 15) is 13.9 Å². The van der Waals surface area contributed by atoms with Gasteiger partial charge in [0.15, 0.2) is 0 Å². The van der Waals surface area contributed by atoms with E-state index in [1.54, 1.807) is 0 Å². The first-order chi connectivity index (χ1) is 10.1. The van der Waals surface area contributed by atoms with Gasteiger partial charge in [-0.3, -0.25) is 0 Å². The highest BCUT2D eigenvalue weighted by atomic mass is 19.1. The van der Waals surface area contributed by atoms with Crippen molar-refractivity contribution in [2.45, 2.75) is 50.9 Å². The Balaban J connectivity index is 1.63. The second kappa shape index (κ2) is 8.41. The van der Waals surface area contributed by atoms with Gasteiger partial charge in [-0.1, -0.05) is 25.3 Å². The average molecular weight is 299 g/mol. The van der Waals surface area contributed by atoms with Crippen LogP contribution in [0.3, 0.4) is 0 Å². The molecule has 0 radical (unpaired) electrons. The van der Waals surface area contributed by atoms with E-state index in [1.165, 1.54) is 31.4 Å². The second-order valence-corrected chi connectivity index (χ2v) is 5.61. The van der Waals surface area contributed by atoms with Crippen molar-refractivity contribution in [1.29, 1.82) is 0 Å². The van der Waals surface area contributed by atoms with Gasteiger partial charge in [-0.05, 0) is 18.9 Å². The summed E-state index contributed by atoms with van der Waals surface area (Å²) in [5.41, 5.74) is 0.386. The van der Waals surface area contributed by atoms with Crippen molar-refractivity contribution in [3.8, 4) is 0 Å². The van der Waals surface area contributed by atoms with E-state index in [2.05, 4.69) is 5.32 Å². The number of hydrogen-bond acceptors (Lipinski definition) is 3. The summed E-state index contributed by atoms with van der Waals surface area (Å²) in [5.74, 6) is -1.16. The summed E-state index contributed by atoms with van der Waals surface area (Å²) in [6.07, 6.45) is 5.46. The number of nitrogens with one attached hydrogen (secondary N) is 1. The molecule has 1 fully saturated rings. The molecule has 0 bridgehead atoms. The molecule has 1 atom stereocenters. The summed E-state index contributed by atoms with van der Waals surface area (Å²) < 4.78 is 31.8. The minimum Gasteiger partial charge on any atom is -0.389 e. The van der Waals surface area contributed by atoms with Gasteiger partial charge in [0.05, 0.1) is 18.8 Å². The molecular formula is C16H23F2NO2. The first-order valence-corrected chi connectivity index (χ1v) is 7.59. The van der Waals surface area contributed by atoms with E-state index in [-0.39, 0.29) is 12.6 Å². The average Bonchev–Trinajstić information content (AvgIpc) is 2.48. The molecule has 118 valence electrons. The highest BCUT2D eigenvalue weighted by Gasteiger charge is 2.15. The van der Waals surface area contributed by atoms with E-state index in [1.807, 2.05) is 0 Å². The zero-order chi connectivity index (χ0) is 15.1. The number of aliphatic hydroxyl groups is 1. The molecule has 0 amide bonds. The van der Waals surface area contributed by atoms with E-state index in [4.69, 9.17) is 4.74 Å². The van der Waals surface area contributed by atoms with Crippen LogP contribution in [0.15, 0.2) is 18.2 Å². The molecule has 1 saturated carbocycles. The fraction of sp³-hybridized carbons (Fsp3) is 0.625. The Morgan fingerprint density at radius 3 is 2.71 bits per heavy atom. The highest BCUT2D eigenvalue weighted by molar-refractivity contribution is 5.18. The van der Waals surface area contributed by atoms with Gasteiger partial charge in [-0.2, -0.15) is 0 Å². The second-order valence-electron chi connectivity index (χ2n) is 5.61. The molecule has 21 heavy (non-hydrogen) atoms. The normalized spacial score (nSPS) is 17.9. The van der Waals surface area contributed by atoms with E-state index >= 15 is 0 Å². The number of rotatable bonds is 7. The van der Waals surface area contributed by atoms with Crippen LogP contribution in [0.1, 0.15) is 37.7 Å². The van der Waals surface area contributed by atoms with Crippen molar-refractivity contribution in [3.05, 3.63) is 35.4 Å². The molecule has 2 N–H and O–H groups in total. The van der Waals surface area contributed by atoms with Crippen LogP contribution in [-0.2, 0) is 11.3 Å². The molecule has 0 heterocycles. The molecule has 0 aliphatic heterocycles. The van der Waals surface area contributed by atoms with Gasteiger partial charge in [0.2, 0.25) is 0 Å². The Labute approximate surface area is 124 Å². The minimum atomic E-state index is -0.615. The van der Waals surface area contributed by atoms with Crippen molar-refractivity contribution < 1.29 is 18.6 Å². The van der Waals surface area contributed by atoms with Crippen LogP contribution >= 0.6 is 0 Å². The van der Waals surface area contributed by atoms with Gasteiger partial charge in [0, 0.05) is 24.7 Å². The van der Waals surface area contributed by atoms with E-state index in [0.717, 1.165) is 18.9 Å². The monoisotopic (exact) mass is 299 g/mol. The summed E-state index contributed by atoms with van der Waals surface area (Å²) in [5, 5.41) is 12.8. The quantitative estimate of drug-likeness (QED) is 0.813. The predicted molar refractivity (Wildman–Crippen MR) is 76.9 cm³/mol. The lowest BCUT2D eigenvalue weighted by molar-refractivity contribution is -0.0230. The van der Waals surface area contributed by atoms with Gasteiger partial charge in [-0.15, -0.1) is 0 Å². The molecule has 0 saturated heterocycles. The smallest absolute Gasteiger partial charge is 0.130 e. The fourth-order valence-electron chi connectivity index (χ4n) is 2.58. The maximum Gasteiger partial charge on any atom is 0.130 e. The Hall–Kier alpha value is -1.04. The summed E-state index contributed by atoms with van der Waals surface area (Å²) in [7, 11) is 0. The maximum atomic E-state index is 13.4. The van der Waals surface area contributed by atoms with Crippen molar-refractivity contribution in [3.63, 3.8) is 0 Å². The van der Waals surface area contributed by atoms with Crippen LogP contribution in [0.5, 0.6) is 0 Å². The van der Waals surface area contributed by atoms with Crippen LogP contribution < -0.4 is 5.32 Å². The Kier molecular flexibility index (Phi) is 6.54. The van der Waals surface area contributed by atoms with Crippen molar-refractivity contribution in [2.75, 3.05) is 13.2 Å². The predicted octanol–water partition coefficient (Wildman–Crippen LogP) is 2.76. The largest absolute Gasteiger partial charge is 0.389 e. The number of hydrogen-bond donors (Lipinski definition) is 2. The molecular weight excluding hydrogens is 276 g/mol. The van der Waals surface area contributed by atoms with Gasteiger partial charge < -0.3 is 15.2 Å². The molecule has 1 unspecified atom stereocenters. The van der Waals surface area contributed by atoms with Crippen molar-refractivity contribution in [2.24, 2.45) is 0 Å². The fourth-order valence-corrected chi connectivity index (χ4v) is 2.58. The van der Waals surface area contributed by atoms with Crippen LogP contribution in [0.2, 0.25) is 0 Å². The number of aliphatic hydroxyl groups excluding tert-OH is 1. The first-order valence-electron chi connectivity index (χ1n) is 7.59. The molecule has 1 aliphatic carbocycles. The summed E-state index contributed by atoms with van der Waals surface area (Å²) in [6.45, 7) is 0.875. The Bertz CT molecular complexity index is 436. The molecule has 3 nitrogen and oxygen atoms in total. The minimum absolute atomic E-state index is 0.257. The summed E-state index contributed by atoms with van der Waals surface area (Å²) in [4.78, 5) is 0. The van der Waals surface area contributed by atoms with Crippen LogP contribution in [0, 0.1) is 11.6 Å². The molecule has 1 aromatic carbocycles. The zero-order valence-corrected chi connectivity index (χ0v) is 12.2. The zero-order valence-electron chi connectivity index (χ0n) is 12.2. The Morgan fingerprint density at radius 2 is 2.00 bits per heavy atom. The summed E-state index contributed by atoms with van der Waals surface area (Å²) in [6, 6.07) is 3.49. The van der Waals surface area contributed by atoms with Crippen LogP contribution in [-0.4, -0.2) is 30.5 Å². The SMILES string of the molecule is OC(CNCc1ccc(F)cc1F)COC1CCCCC1. The number of halogens is 2. The molecule has 5 heteroatoms. The number of ether oxygens (including phenoxy) is 1. The molecule has 2 rings (SSSR count). The lowest BCUT2D eigenvalue weighted by atomic mass is 9.98. The lowest BCUT2D eigenvalue weighted by Gasteiger charge is -2.23. The van der Waals surface area contributed by atoms with Crippen molar-refractivity contribution in [1.82, 2.24) is 5.32 Å². The van der Waals surface area contributed by atoms with Crippen LogP contribution in [0.25, 0.3) is 0 Å². The molecule has 0 aromatic heterocycles. The van der Waals surface area contributed by atoms with Gasteiger partial charge in [0.1, 0.15) is 11.6 Å². The molecule has 1 aliphatic rings. The first kappa shape index (κ1) is 16.3. The standard InChI is InChI=1S/C16H23F2NO2/c17-13-7-6-12(16(18)8-13)9-19-10-14(20)11-21-15-4-2-1-3-5-15/h6-8,14-15,19-20H,1-5,9-11H2. The van der Waals surface area contributed by atoms with Gasteiger partial charge in [-0.25, -0.2) is 8.78 Å². The molecule has 1 aromatic rings. The highest BCUT2D eigenvalue weighted by Crippen LogP contribution is 2.20. The maximum absolute atomic E-state index is 13.4. The van der Waals surface area contributed by atoms with Crippen molar-refractivity contribution >= 4 is 0 Å². The Morgan fingerprint density at radius 1 is 1.24 bits per heavy atom. The van der Waals surface area contributed by atoms with Gasteiger partial charge in [0.25, 0.3) is 0 Å². The summed E-state index contributed by atoms with van der Waals surface area (Å²) >= 11 is 0. The topological polar surface area (TPSA) is 41.5 Å². The van der Waals surface area contributed by atoms with Crippen LogP contribution in [0.4, 0.5) is 8.78 Å². The molecule has 0 spiro atoms. The van der Waals surface area contributed by atoms with E-state index in [0.29, 0.717) is 18.7 Å². The van der Waals surface area contributed by atoms with Gasteiger partial charge >= 0.3 is 0 Å². The number of benzene rings is 1. The third-order valence-corrected chi connectivity index (χ3v) is 3.79. The lowest BCUT2D eigenvalue weighted by Crippen LogP contribution is -2.32. The third-order valence-electron chi connectivity index (χ3n) is 3.79. The van der Waals surface area contributed by atoms with E-state index < -0.39 is 17.7 Å².